The maximum atomic E-state index is 13.6. The topological polar surface area (TPSA) is 51.7 Å². The number of ether oxygens (including phenoxy) is 2. The van der Waals surface area contributed by atoms with Crippen molar-refractivity contribution >= 4 is 33.4 Å². The van der Waals surface area contributed by atoms with Gasteiger partial charge in [-0.1, -0.05) is 41.9 Å². The molecule has 30 heavy (non-hydrogen) atoms. The van der Waals surface area contributed by atoms with Gasteiger partial charge in [0.25, 0.3) is 5.91 Å². The third-order valence-corrected chi connectivity index (χ3v) is 6.02. The summed E-state index contributed by atoms with van der Waals surface area (Å²) in [6.07, 6.45) is 2.28. The van der Waals surface area contributed by atoms with Crippen molar-refractivity contribution in [2.75, 3.05) is 20.8 Å². The number of nitrogens with zero attached hydrogens (tertiary/aromatic N) is 2. The van der Waals surface area contributed by atoms with Crippen LogP contribution in [0.1, 0.15) is 33.1 Å². The molecule has 3 aromatic rings. The molecule has 1 unspecified atom stereocenters. The first-order valence-electron chi connectivity index (χ1n) is 9.45. The predicted octanol–water partition coefficient (Wildman–Crippen LogP) is 5.30. The summed E-state index contributed by atoms with van der Waals surface area (Å²) in [7, 11) is 3.24. The summed E-state index contributed by atoms with van der Waals surface area (Å²) in [4.78, 5) is 19.5. The van der Waals surface area contributed by atoms with Crippen molar-refractivity contribution in [2.45, 2.75) is 12.5 Å². The van der Waals surface area contributed by atoms with Gasteiger partial charge in [-0.2, -0.15) is 0 Å². The van der Waals surface area contributed by atoms with Gasteiger partial charge in [0.15, 0.2) is 11.5 Å². The Labute approximate surface area is 188 Å². The van der Waals surface area contributed by atoms with E-state index in [1.807, 2.05) is 47.4 Å². The summed E-state index contributed by atoms with van der Waals surface area (Å²) in [5.74, 6) is 1.15. The molecule has 154 valence electrons. The lowest BCUT2D eigenvalue weighted by atomic mass is 9.87. The van der Waals surface area contributed by atoms with Gasteiger partial charge in [-0.15, -0.1) is 0 Å². The van der Waals surface area contributed by atoms with Gasteiger partial charge >= 0.3 is 0 Å². The molecule has 1 aliphatic heterocycles. The minimum absolute atomic E-state index is 0.164. The Morgan fingerprint density at radius 3 is 2.53 bits per heavy atom. The quantitative estimate of drug-likeness (QED) is 0.469. The van der Waals surface area contributed by atoms with E-state index in [4.69, 9.17) is 21.1 Å². The highest BCUT2D eigenvalue weighted by molar-refractivity contribution is 9.10. The zero-order valence-electron chi connectivity index (χ0n) is 16.6. The number of rotatable bonds is 4. The first-order valence-corrected chi connectivity index (χ1v) is 10.6. The number of benzene rings is 2. The highest BCUT2D eigenvalue weighted by Gasteiger charge is 2.34. The molecule has 1 atom stereocenters. The summed E-state index contributed by atoms with van der Waals surface area (Å²) in [5, 5.41) is 0.188. The van der Waals surface area contributed by atoms with Crippen molar-refractivity contribution in [3.05, 3.63) is 86.6 Å². The second kappa shape index (κ2) is 8.66. The van der Waals surface area contributed by atoms with Crippen LogP contribution >= 0.6 is 27.5 Å². The van der Waals surface area contributed by atoms with E-state index in [0.717, 1.165) is 16.7 Å². The van der Waals surface area contributed by atoms with E-state index in [9.17, 15) is 4.79 Å². The molecule has 0 saturated heterocycles. The molecule has 5 nitrogen and oxygen atoms in total. The van der Waals surface area contributed by atoms with Crippen LogP contribution in [0.15, 0.2) is 59.2 Å². The van der Waals surface area contributed by atoms with Gasteiger partial charge in [-0.3, -0.25) is 4.79 Å². The van der Waals surface area contributed by atoms with Gasteiger partial charge in [-0.25, -0.2) is 4.98 Å². The minimum Gasteiger partial charge on any atom is -0.493 e. The zero-order valence-corrected chi connectivity index (χ0v) is 18.9. The molecule has 4 rings (SSSR count). The van der Waals surface area contributed by atoms with Gasteiger partial charge < -0.3 is 14.4 Å². The lowest BCUT2D eigenvalue weighted by molar-refractivity contribution is 0.0694. The van der Waals surface area contributed by atoms with Crippen LogP contribution in [-0.2, 0) is 6.42 Å². The molecule has 2 heterocycles. The van der Waals surface area contributed by atoms with Crippen LogP contribution < -0.4 is 9.47 Å². The molecule has 0 bridgehead atoms. The van der Waals surface area contributed by atoms with Crippen LogP contribution in [0.4, 0.5) is 0 Å². The number of methoxy groups -OCH3 is 2. The molecule has 0 N–H and O–H groups in total. The second-order valence-electron chi connectivity index (χ2n) is 6.96. The number of carbonyl (C=O) groups is 1. The average Bonchev–Trinajstić information content (AvgIpc) is 2.78. The fourth-order valence-corrected chi connectivity index (χ4v) is 4.40. The molecule has 7 heteroatoms. The van der Waals surface area contributed by atoms with Crippen molar-refractivity contribution in [3.63, 3.8) is 0 Å². The normalized spacial score (nSPS) is 15.5. The van der Waals surface area contributed by atoms with E-state index < -0.39 is 0 Å². The van der Waals surface area contributed by atoms with E-state index in [1.165, 1.54) is 0 Å². The summed E-state index contributed by atoms with van der Waals surface area (Å²) in [6, 6.07) is 15.4. The smallest absolute Gasteiger partial charge is 0.257 e. The van der Waals surface area contributed by atoms with Crippen LogP contribution in [0.5, 0.6) is 11.5 Å². The van der Waals surface area contributed by atoms with Crippen molar-refractivity contribution in [2.24, 2.45) is 0 Å². The van der Waals surface area contributed by atoms with Crippen LogP contribution in [0.3, 0.4) is 0 Å². The summed E-state index contributed by atoms with van der Waals surface area (Å²) >= 11 is 9.66. The Kier molecular flexibility index (Phi) is 5.97. The standard InChI is InChI=1S/C23H20BrClN2O3/c1-29-19-10-15-8-9-27(23(28)18-11-16(24)13-26-22(18)25)21(14-6-4-3-5-7-14)17(15)12-20(19)30-2/h3-7,10-13,21H,8-9H2,1-2H3. The Hall–Kier alpha value is -2.57. The molecule has 0 fully saturated rings. The van der Waals surface area contributed by atoms with E-state index >= 15 is 0 Å². The first-order chi connectivity index (χ1) is 14.5. The third kappa shape index (κ3) is 3.77. The molecule has 1 aromatic heterocycles. The average molecular weight is 488 g/mol. The van der Waals surface area contributed by atoms with Crippen molar-refractivity contribution in [3.8, 4) is 11.5 Å². The number of pyridine rings is 1. The van der Waals surface area contributed by atoms with Gasteiger partial charge in [0.05, 0.1) is 25.8 Å². The SMILES string of the molecule is COc1cc2c(cc1OC)C(c1ccccc1)N(C(=O)c1cc(Br)cnc1Cl)CC2. The molecule has 0 saturated carbocycles. The molecule has 0 aliphatic carbocycles. The third-order valence-electron chi connectivity index (χ3n) is 5.29. The fourth-order valence-electron chi connectivity index (χ4n) is 3.89. The number of fused-ring (bicyclic) bond motifs is 1. The van der Waals surface area contributed by atoms with Crippen LogP contribution in [0.2, 0.25) is 5.15 Å². The lowest BCUT2D eigenvalue weighted by Crippen LogP contribution is -2.40. The Balaban J connectivity index is 1.86. The molecular weight excluding hydrogens is 468 g/mol. The van der Waals surface area contributed by atoms with Gasteiger partial charge in [-0.05, 0) is 57.2 Å². The molecule has 2 aromatic carbocycles. The monoisotopic (exact) mass is 486 g/mol. The lowest BCUT2D eigenvalue weighted by Gasteiger charge is -2.38. The number of hydrogen-bond acceptors (Lipinski definition) is 4. The molecule has 1 amide bonds. The predicted molar refractivity (Wildman–Crippen MR) is 120 cm³/mol. The molecule has 0 spiro atoms. The number of amides is 1. The van der Waals surface area contributed by atoms with E-state index in [-0.39, 0.29) is 17.1 Å². The van der Waals surface area contributed by atoms with Gasteiger partial charge in [0, 0.05) is 17.2 Å². The Bertz CT molecular complexity index is 1090. The van der Waals surface area contributed by atoms with Crippen LogP contribution in [-0.4, -0.2) is 36.6 Å². The molecular formula is C23H20BrClN2O3. The number of halogens is 2. The number of hydrogen-bond donors (Lipinski definition) is 0. The highest BCUT2D eigenvalue weighted by Crippen LogP contribution is 2.41. The maximum Gasteiger partial charge on any atom is 0.257 e. The highest BCUT2D eigenvalue weighted by atomic mass is 79.9. The summed E-state index contributed by atoms with van der Waals surface area (Å²) < 4.78 is 11.7. The van der Waals surface area contributed by atoms with Crippen molar-refractivity contribution < 1.29 is 14.3 Å². The maximum absolute atomic E-state index is 13.6. The van der Waals surface area contributed by atoms with E-state index in [2.05, 4.69) is 20.9 Å². The molecule has 1 aliphatic rings. The summed E-state index contributed by atoms with van der Waals surface area (Å²) in [6.45, 7) is 0.545. The Morgan fingerprint density at radius 1 is 1.13 bits per heavy atom. The second-order valence-corrected chi connectivity index (χ2v) is 8.23. The number of carbonyl (C=O) groups excluding carboxylic acids is 1. The summed E-state index contributed by atoms with van der Waals surface area (Å²) in [5.41, 5.74) is 3.52. The van der Waals surface area contributed by atoms with Crippen LogP contribution in [0.25, 0.3) is 0 Å². The van der Waals surface area contributed by atoms with Gasteiger partial charge in [0.2, 0.25) is 0 Å². The molecule has 0 radical (unpaired) electrons. The van der Waals surface area contributed by atoms with E-state index in [1.54, 1.807) is 26.5 Å². The Morgan fingerprint density at radius 2 is 1.83 bits per heavy atom. The minimum atomic E-state index is -0.280. The van der Waals surface area contributed by atoms with Crippen molar-refractivity contribution in [1.29, 1.82) is 0 Å². The van der Waals surface area contributed by atoms with Gasteiger partial charge in [0.1, 0.15) is 5.15 Å². The first kappa shape index (κ1) is 20.7. The van der Waals surface area contributed by atoms with Crippen LogP contribution in [0, 0.1) is 0 Å². The largest absolute Gasteiger partial charge is 0.493 e. The zero-order chi connectivity index (χ0) is 21.3. The number of aromatic nitrogens is 1. The van der Waals surface area contributed by atoms with E-state index in [0.29, 0.717) is 34.5 Å². The fraction of sp³-hybridized carbons (Fsp3) is 0.217. The van der Waals surface area contributed by atoms with Crippen molar-refractivity contribution in [1.82, 2.24) is 9.88 Å².